The molecule has 6 nitrogen and oxygen atoms in total. The fraction of sp³-hybridized carbons (Fsp3) is 0.316. The van der Waals surface area contributed by atoms with Crippen molar-refractivity contribution in [1.82, 2.24) is 0 Å². The Balaban J connectivity index is 2.11. The molecule has 0 aliphatic rings. The predicted molar refractivity (Wildman–Crippen MR) is 95.9 cm³/mol. The van der Waals surface area contributed by atoms with E-state index in [-0.39, 0.29) is 24.7 Å². The van der Waals surface area contributed by atoms with Crippen LogP contribution in [0.25, 0.3) is 0 Å². The second kappa shape index (κ2) is 9.84. The fourth-order valence-electron chi connectivity index (χ4n) is 2.23. The summed E-state index contributed by atoms with van der Waals surface area (Å²) in [5.74, 6) is 0.205. The summed E-state index contributed by atoms with van der Waals surface area (Å²) < 4.78 is 59.7. The van der Waals surface area contributed by atoms with Crippen LogP contribution < -0.4 is 19.5 Å². The summed E-state index contributed by atoms with van der Waals surface area (Å²) >= 11 is 0. The molecule has 0 saturated heterocycles. The van der Waals surface area contributed by atoms with E-state index in [1.807, 2.05) is 0 Å². The number of methoxy groups -OCH3 is 2. The average Bonchev–Trinajstić information content (AvgIpc) is 2.67. The van der Waals surface area contributed by atoms with Crippen LogP contribution in [0.2, 0.25) is 0 Å². The molecule has 152 valence electrons. The summed E-state index contributed by atoms with van der Waals surface area (Å²) in [6.07, 6.45) is -4.56. The third kappa shape index (κ3) is 6.05. The Morgan fingerprint density at radius 1 is 0.964 bits per heavy atom. The predicted octanol–water partition coefficient (Wildman–Crippen LogP) is 3.76. The molecule has 0 aliphatic carbocycles. The second-order valence-corrected chi connectivity index (χ2v) is 5.54. The maximum atomic E-state index is 13.0. The van der Waals surface area contributed by atoms with Crippen molar-refractivity contribution in [3.8, 4) is 17.2 Å². The number of alkyl halides is 3. The highest BCUT2D eigenvalue weighted by molar-refractivity contribution is 5.93. The zero-order valence-electron chi connectivity index (χ0n) is 15.3. The summed E-state index contributed by atoms with van der Waals surface area (Å²) in [5.41, 5.74) is -1.02. The third-order valence-corrected chi connectivity index (χ3v) is 3.55. The van der Waals surface area contributed by atoms with E-state index in [0.717, 1.165) is 18.2 Å². The van der Waals surface area contributed by atoms with E-state index >= 15 is 0 Å². The van der Waals surface area contributed by atoms with Crippen molar-refractivity contribution in [2.45, 2.75) is 6.18 Å². The minimum atomic E-state index is -4.56. The van der Waals surface area contributed by atoms with E-state index < -0.39 is 24.3 Å². The van der Waals surface area contributed by atoms with Crippen LogP contribution in [-0.2, 0) is 15.7 Å². The van der Waals surface area contributed by atoms with Crippen LogP contribution >= 0.6 is 0 Å². The van der Waals surface area contributed by atoms with E-state index in [1.165, 1.54) is 14.2 Å². The number of carbonyl (C=O) groups is 1. The van der Waals surface area contributed by atoms with Crippen LogP contribution in [0.4, 0.5) is 18.9 Å². The summed E-state index contributed by atoms with van der Waals surface area (Å²) in [4.78, 5) is 12.2. The molecular formula is C19H20F3NO5. The Labute approximate surface area is 160 Å². The molecule has 2 rings (SSSR count). The van der Waals surface area contributed by atoms with Crippen molar-refractivity contribution in [2.75, 3.05) is 39.4 Å². The Hall–Kier alpha value is -2.94. The smallest absolute Gasteiger partial charge is 0.416 e. The molecule has 0 unspecified atom stereocenters. The van der Waals surface area contributed by atoms with E-state index in [9.17, 15) is 18.0 Å². The number of rotatable bonds is 9. The van der Waals surface area contributed by atoms with E-state index in [4.69, 9.17) is 18.9 Å². The summed E-state index contributed by atoms with van der Waals surface area (Å²) in [7, 11) is 2.92. The number of anilines is 1. The number of hydrogen-bond donors (Lipinski definition) is 1. The third-order valence-electron chi connectivity index (χ3n) is 3.55. The number of para-hydroxylation sites is 2. The normalized spacial score (nSPS) is 11.0. The molecule has 0 atom stereocenters. The van der Waals surface area contributed by atoms with Crippen molar-refractivity contribution in [1.29, 1.82) is 0 Å². The van der Waals surface area contributed by atoms with Gasteiger partial charge in [-0.2, -0.15) is 13.2 Å². The lowest BCUT2D eigenvalue weighted by atomic mass is 10.1. The van der Waals surface area contributed by atoms with Gasteiger partial charge in [-0.05, 0) is 30.3 Å². The molecule has 1 amide bonds. The minimum absolute atomic E-state index is 0.0932. The van der Waals surface area contributed by atoms with Crippen LogP contribution in [0.15, 0.2) is 42.5 Å². The first-order valence-corrected chi connectivity index (χ1v) is 8.23. The van der Waals surface area contributed by atoms with Crippen LogP contribution in [0.5, 0.6) is 17.2 Å². The SMILES string of the molecule is COCCOc1ccc(C(F)(F)F)cc1NC(=O)COc1ccccc1OC. The molecule has 2 aromatic carbocycles. The summed E-state index contributed by atoms with van der Waals surface area (Å²) in [5, 5.41) is 2.39. The van der Waals surface area contributed by atoms with Gasteiger partial charge in [-0.3, -0.25) is 4.79 Å². The molecule has 0 spiro atoms. The second-order valence-electron chi connectivity index (χ2n) is 5.54. The molecule has 0 aromatic heterocycles. The van der Waals surface area contributed by atoms with Crippen LogP contribution in [0.3, 0.4) is 0 Å². The van der Waals surface area contributed by atoms with Gasteiger partial charge in [-0.1, -0.05) is 12.1 Å². The van der Waals surface area contributed by atoms with Crippen molar-refractivity contribution in [2.24, 2.45) is 0 Å². The standard InChI is InChI=1S/C19H20F3NO5/c1-25-9-10-27-15-8-7-13(19(20,21)22)11-14(15)23-18(24)12-28-17-6-4-3-5-16(17)26-2/h3-8,11H,9-10,12H2,1-2H3,(H,23,24). The first-order valence-electron chi connectivity index (χ1n) is 8.23. The number of amides is 1. The highest BCUT2D eigenvalue weighted by Gasteiger charge is 2.31. The Morgan fingerprint density at radius 3 is 2.32 bits per heavy atom. The molecule has 28 heavy (non-hydrogen) atoms. The summed E-state index contributed by atoms with van der Waals surface area (Å²) in [6, 6.07) is 9.53. The van der Waals surface area contributed by atoms with Gasteiger partial charge in [-0.15, -0.1) is 0 Å². The molecule has 2 aromatic rings. The van der Waals surface area contributed by atoms with Gasteiger partial charge in [0.15, 0.2) is 18.1 Å². The number of benzene rings is 2. The lowest BCUT2D eigenvalue weighted by molar-refractivity contribution is -0.137. The zero-order chi connectivity index (χ0) is 20.6. The molecule has 1 N–H and O–H groups in total. The highest BCUT2D eigenvalue weighted by atomic mass is 19.4. The van der Waals surface area contributed by atoms with Gasteiger partial charge in [0, 0.05) is 7.11 Å². The Morgan fingerprint density at radius 2 is 1.68 bits per heavy atom. The van der Waals surface area contributed by atoms with E-state index in [1.54, 1.807) is 24.3 Å². The molecular weight excluding hydrogens is 379 g/mol. The topological polar surface area (TPSA) is 66.0 Å². The number of halogens is 3. The molecule has 0 radical (unpaired) electrons. The molecule has 9 heteroatoms. The van der Waals surface area contributed by atoms with E-state index in [2.05, 4.69) is 5.32 Å². The lowest BCUT2D eigenvalue weighted by Gasteiger charge is -2.16. The largest absolute Gasteiger partial charge is 0.493 e. The summed E-state index contributed by atoms with van der Waals surface area (Å²) in [6.45, 7) is -0.0676. The molecule has 0 fully saturated rings. The zero-order valence-corrected chi connectivity index (χ0v) is 15.3. The van der Waals surface area contributed by atoms with Crippen molar-refractivity contribution in [3.05, 3.63) is 48.0 Å². The highest BCUT2D eigenvalue weighted by Crippen LogP contribution is 2.35. The van der Waals surface area contributed by atoms with Gasteiger partial charge in [0.1, 0.15) is 12.4 Å². The van der Waals surface area contributed by atoms with Crippen molar-refractivity contribution >= 4 is 11.6 Å². The maximum absolute atomic E-state index is 13.0. The van der Waals surface area contributed by atoms with Gasteiger partial charge in [0.2, 0.25) is 0 Å². The van der Waals surface area contributed by atoms with Gasteiger partial charge in [-0.25, -0.2) is 0 Å². The molecule has 0 bridgehead atoms. The number of nitrogens with one attached hydrogen (secondary N) is 1. The molecule has 0 saturated carbocycles. The first kappa shape index (κ1) is 21.4. The average molecular weight is 399 g/mol. The van der Waals surface area contributed by atoms with Gasteiger partial charge < -0.3 is 24.3 Å². The van der Waals surface area contributed by atoms with Crippen molar-refractivity contribution in [3.63, 3.8) is 0 Å². The van der Waals surface area contributed by atoms with Crippen LogP contribution in [0.1, 0.15) is 5.56 Å². The van der Waals surface area contributed by atoms with Gasteiger partial charge in [0.25, 0.3) is 5.91 Å². The van der Waals surface area contributed by atoms with Crippen LogP contribution in [0, 0.1) is 0 Å². The molecule has 0 heterocycles. The monoisotopic (exact) mass is 399 g/mol. The van der Waals surface area contributed by atoms with Crippen molar-refractivity contribution < 1.29 is 36.9 Å². The Kier molecular flexibility index (Phi) is 7.51. The van der Waals surface area contributed by atoms with Crippen LogP contribution in [-0.4, -0.2) is 39.9 Å². The van der Waals surface area contributed by atoms with Gasteiger partial charge >= 0.3 is 6.18 Å². The van der Waals surface area contributed by atoms with E-state index in [0.29, 0.717) is 11.5 Å². The number of hydrogen-bond acceptors (Lipinski definition) is 5. The lowest BCUT2D eigenvalue weighted by Crippen LogP contribution is -2.21. The fourth-order valence-corrected chi connectivity index (χ4v) is 2.23. The quantitative estimate of drug-likeness (QED) is 0.651. The molecule has 0 aliphatic heterocycles. The minimum Gasteiger partial charge on any atom is -0.493 e. The first-order chi connectivity index (χ1) is 13.3. The Bertz CT molecular complexity index is 795. The maximum Gasteiger partial charge on any atom is 0.416 e. The number of ether oxygens (including phenoxy) is 4. The van der Waals surface area contributed by atoms with Gasteiger partial charge in [0.05, 0.1) is 25.0 Å². The number of carbonyl (C=O) groups excluding carboxylic acids is 1.